The summed E-state index contributed by atoms with van der Waals surface area (Å²) in [5.74, 6) is -4.61. The molecule has 0 bridgehead atoms. The molecule has 0 aliphatic heterocycles. The van der Waals surface area contributed by atoms with Crippen LogP contribution >= 0.6 is 0 Å². The first-order chi connectivity index (χ1) is 13.9. The summed E-state index contributed by atoms with van der Waals surface area (Å²) in [6.07, 6.45) is 1.82. The van der Waals surface area contributed by atoms with Crippen LogP contribution in [0.4, 0.5) is 0 Å². The van der Waals surface area contributed by atoms with Gasteiger partial charge in [0.05, 0.1) is 0 Å². The Kier molecular flexibility index (Phi) is 32.5. The third-order valence-electron chi connectivity index (χ3n) is 2.61. The Balaban J connectivity index is -0.000000158. The van der Waals surface area contributed by atoms with Crippen molar-refractivity contribution in [3.05, 3.63) is 0 Å². The van der Waals surface area contributed by atoms with Crippen LogP contribution in [0.1, 0.15) is 85.5 Å². The SMILES string of the molecule is CCCC(=O)CC(=O)[O-].CCCC(=O)CC(=O)[O-].CCCC(=O)CC(=O)[O-].C[CH2][Zr+3]. The minimum absolute atomic E-state index is 0.252. The molecule has 10 heteroatoms. The number of carboxylic acid groups (broad SMARTS) is 3. The molecule has 0 aromatic carbocycles. The van der Waals surface area contributed by atoms with Crippen LogP contribution in [-0.4, -0.2) is 35.3 Å². The normalized spacial score (nSPS) is 8.73. The Hall–Kier alpha value is -1.70. The van der Waals surface area contributed by atoms with Crippen LogP contribution in [0.2, 0.25) is 4.13 Å². The first-order valence-electron chi connectivity index (χ1n) is 9.70. The predicted octanol–water partition coefficient (Wildman–Crippen LogP) is -0.542. The van der Waals surface area contributed by atoms with E-state index in [-0.39, 0.29) is 17.3 Å². The fraction of sp³-hybridized carbons (Fsp3) is 0.700. The van der Waals surface area contributed by atoms with E-state index in [1.165, 1.54) is 4.13 Å². The number of carbonyl (C=O) groups excluding carboxylic acids is 6. The van der Waals surface area contributed by atoms with Crippen molar-refractivity contribution < 1.29 is 68.8 Å². The maximum absolute atomic E-state index is 10.4. The van der Waals surface area contributed by atoms with E-state index in [9.17, 15) is 44.1 Å². The molecule has 0 radical (unpaired) electrons. The molecule has 0 amide bonds. The van der Waals surface area contributed by atoms with Crippen LogP contribution in [0, 0.1) is 0 Å². The van der Waals surface area contributed by atoms with Gasteiger partial charge in [-0.25, -0.2) is 0 Å². The van der Waals surface area contributed by atoms with Gasteiger partial charge in [-0.3, -0.25) is 14.4 Å². The van der Waals surface area contributed by atoms with Crippen molar-refractivity contribution in [2.45, 2.75) is 89.6 Å². The van der Waals surface area contributed by atoms with Gasteiger partial charge in [-0.05, 0) is 19.3 Å². The summed E-state index contributed by atoms with van der Waals surface area (Å²) in [5, 5.41) is 29.3. The Bertz CT molecular complexity index is 445. The number of hydrogen-bond donors (Lipinski definition) is 0. The quantitative estimate of drug-likeness (QED) is 0.314. The van der Waals surface area contributed by atoms with E-state index in [1.54, 1.807) is 24.7 Å². The molecule has 0 saturated heterocycles. The number of Topliss-reactive ketones (excluding diaryl/α,β-unsaturated/α-hetero) is 3. The molecular weight excluding hydrogens is 475 g/mol. The van der Waals surface area contributed by atoms with E-state index < -0.39 is 37.2 Å². The van der Waals surface area contributed by atoms with Crippen molar-refractivity contribution in [3.63, 3.8) is 0 Å². The molecule has 0 aromatic rings. The van der Waals surface area contributed by atoms with Gasteiger partial charge in [0.15, 0.2) is 0 Å². The fourth-order valence-corrected chi connectivity index (χ4v) is 1.58. The molecule has 0 spiro atoms. The zero-order chi connectivity index (χ0) is 24.5. The second kappa shape index (κ2) is 27.3. The number of ketones is 3. The van der Waals surface area contributed by atoms with Crippen LogP contribution < -0.4 is 15.3 Å². The van der Waals surface area contributed by atoms with Gasteiger partial charge in [0, 0.05) is 56.4 Å². The predicted molar refractivity (Wildman–Crippen MR) is 99.1 cm³/mol. The summed E-state index contributed by atoms with van der Waals surface area (Å²) < 4.78 is 1.34. The standard InChI is InChI=1S/3C6H10O3.C2H5.Zr/c3*1-2-3-5(7)4-6(8)9;1-2;/h3*2-4H2,1H3,(H,8,9);1H2,2H3;/q;;;;+3/p-3. The maximum atomic E-state index is 10.4. The van der Waals surface area contributed by atoms with Crippen molar-refractivity contribution in [2.75, 3.05) is 0 Å². The summed E-state index contributed by atoms with van der Waals surface area (Å²) in [5.41, 5.74) is 0. The summed E-state index contributed by atoms with van der Waals surface area (Å²) in [7, 11) is 0. The van der Waals surface area contributed by atoms with Crippen molar-refractivity contribution in [2.24, 2.45) is 0 Å². The second-order valence-electron chi connectivity index (χ2n) is 5.87. The molecule has 0 rings (SSSR count). The Labute approximate surface area is 193 Å². The number of carbonyl (C=O) groups is 6. The summed E-state index contributed by atoms with van der Waals surface area (Å²) in [6.45, 7) is 7.64. The van der Waals surface area contributed by atoms with Gasteiger partial charge >= 0.3 is 35.8 Å². The first kappa shape index (κ1) is 35.7. The van der Waals surface area contributed by atoms with Crippen molar-refractivity contribution in [1.29, 1.82) is 0 Å². The van der Waals surface area contributed by atoms with Crippen LogP contribution in [0.3, 0.4) is 0 Å². The van der Waals surface area contributed by atoms with Crippen molar-refractivity contribution in [1.82, 2.24) is 0 Å². The number of carboxylic acids is 3. The van der Waals surface area contributed by atoms with Gasteiger partial charge in [0.2, 0.25) is 0 Å². The van der Waals surface area contributed by atoms with Gasteiger partial charge in [0.25, 0.3) is 0 Å². The third kappa shape index (κ3) is 45.2. The van der Waals surface area contributed by atoms with Crippen LogP contribution in [-0.2, 0) is 53.5 Å². The molecule has 9 nitrogen and oxygen atoms in total. The zero-order valence-electron chi connectivity index (χ0n) is 18.2. The van der Waals surface area contributed by atoms with E-state index in [4.69, 9.17) is 0 Å². The molecular formula is C20H32O9Zr. The fourth-order valence-electron chi connectivity index (χ4n) is 1.58. The van der Waals surface area contributed by atoms with E-state index >= 15 is 0 Å². The zero-order valence-corrected chi connectivity index (χ0v) is 20.7. The van der Waals surface area contributed by atoms with Crippen LogP contribution in [0.25, 0.3) is 0 Å². The molecule has 0 fully saturated rings. The minimum atomic E-state index is -1.28. The molecule has 0 N–H and O–H groups in total. The average molecular weight is 508 g/mol. The molecule has 30 heavy (non-hydrogen) atoms. The van der Waals surface area contributed by atoms with E-state index in [0.29, 0.717) is 38.5 Å². The van der Waals surface area contributed by atoms with Gasteiger partial charge in [-0.15, -0.1) is 0 Å². The molecule has 0 atom stereocenters. The monoisotopic (exact) mass is 506 g/mol. The summed E-state index contributed by atoms with van der Waals surface area (Å²) >= 11 is 1.64. The van der Waals surface area contributed by atoms with E-state index in [0.717, 1.165) is 0 Å². The van der Waals surface area contributed by atoms with Gasteiger partial charge in [0.1, 0.15) is 17.3 Å². The van der Waals surface area contributed by atoms with Gasteiger partial charge in [-0.1, -0.05) is 20.8 Å². The van der Waals surface area contributed by atoms with Gasteiger partial charge in [-0.2, -0.15) is 0 Å². The van der Waals surface area contributed by atoms with Crippen LogP contribution in [0.15, 0.2) is 0 Å². The average Bonchev–Trinajstić information content (AvgIpc) is 2.55. The molecule has 0 aromatic heterocycles. The van der Waals surface area contributed by atoms with E-state index in [1.807, 2.05) is 20.8 Å². The number of rotatable bonds is 12. The van der Waals surface area contributed by atoms with Crippen molar-refractivity contribution >= 4 is 35.3 Å². The van der Waals surface area contributed by atoms with Crippen molar-refractivity contribution in [3.8, 4) is 0 Å². The number of hydrogen-bond acceptors (Lipinski definition) is 9. The molecule has 170 valence electrons. The summed E-state index contributed by atoms with van der Waals surface area (Å²) in [4.78, 5) is 60.6. The molecule has 0 unspecified atom stereocenters. The van der Waals surface area contributed by atoms with E-state index in [2.05, 4.69) is 6.92 Å². The molecule has 0 saturated carbocycles. The molecule has 0 heterocycles. The second-order valence-corrected chi connectivity index (χ2v) is 7.60. The Morgan fingerprint density at radius 1 is 0.533 bits per heavy atom. The summed E-state index contributed by atoms with van der Waals surface area (Å²) in [6, 6.07) is 0. The first-order valence-corrected chi connectivity index (χ1v) is 11.4. The number of aliphatic carboxylic acids is 3. The third-order valence-corrected chi connectivity index (χ3v) is 2.61. The topological polar surface area (TPSA) is 172 Å². The Morgan fingerprint density at radius 3 is 0.800 bits per heavy atom. The van der Waals surface area contributed by atoms with Gasteiger partial charge < -0.3 is 29.7 Å². The Morgan fingerprint density at radius 2 is 0.700 bits per heavy atom. The molecule has 0 aliphatic carbocycles. The van der Waals surface area contributed by atoms with Crippen LogP contribution in [0.5, 0.6) is 0 Å². The molecule has 0 aliphatic rings.